The number of sulfonamides is 1. The van der Waals surface area contributed by atoms with Gasteiger partial charge in [-0.3, -0.25) is 14.4 Å². The Labute approximate surface area is 183 Å². The number of hydrogen-bond acceptors (Lipinski definition) is 7. The maximum absolute atomic E-state index is 13.2. The minimum atomic E-state index is -3.82. The number of hydrogen-bond donors (Lipinski definition) is 1. The molecule has 0 bridgehead atoms. The van der Waals surface area contributed by atoms with Gasteiger partial charge < -0.3 is 0 Å². The fourth-order valence-electron chi connectivity index (χ4n) is 2.63. The second kappa shape index (κ2) is 9.88. The normalized spacial score (nSPS) is 11.1. The number of rotatable bonds is 9. The molecule has 0 spiro atoms. The lowest BCUT2D eigenvalue weighted by molar-refractivity contribution is 0.102. The number of thioether (sulfide) groups is 1. The summed E-state index contributed by atoms with van der Waals surface area (Å²) in [5.41, 5.74) is 0.781. The van der Waals surface area contributed by atoms with Gasteiger partial charge in [0.05, 0.1) is 10.6 Å². The molecule has 30 heavy (non-hydrogen) atoms. The highest BCUT2D eigenvalue weighted by Crippen LogP contribution is 2.27. The Morgan fingerprint density at radius 3 is 2.67 bits per heavy atom. The fourth-order valence-corrected chi connectivity index (χ4v) is 5.66. The molecule has 1 amide bonds. The van der Waals surface area contributed by atoms with E-state index in [1.54, 1.807) is 49.4 Å². The number of para-hydroxylation sites is 1. The molecule has 1 heterocycles. The zero-order valence-corrected chi connectivity index (χ0v) is 18.6. The van der Waals surface area contributed by atoms with Crippen molar-refractivity contribution >= 4 is 49.8 Å². The van der Waals surface area contributed by atoms with E-state index in [0.29, 0.717) is 20.9 Å². The van der Waals surface area contributed by atoms with Gasteiger partial charge in [0.15, 0.2) is 4.34 Å². The second-order valence-corrected chi connectivity index (χ2v) is 10.1. The highest BCUT2D eigenvalue weighted by atomic mass is 32.2. The Morgan fingerprint density at radius 2 is 1.97 bits per heavy atom. The molecule has 3 rings (SSSR count). The van der Waals surface area contributed by atoms with Crippen molar-refractivity contribution in [3.63, 3.8) is 0 Å². The molecule has 10 heteroatoms. The summed E-state index contributed by atoms with van der Waals surface area (Å²) in [5.74, 6) is 0.240. The van der Waals surface area contributed by atoms with Crippen LogP contribution in [0.15, 0.2) is 76.5 Å². The molecule has 0 atom stereocenters. The zero-order valence-electron chi connectivity index (χ0n) is 16.2. The van der Waals surface area contributed by atoms with Crippen molar-refractivity contribution in [2.45, 2.75) is 16.2 Å². The Kier molecular flexibility index (Phi) is 7.24. The summed E-state index contributed by atoms with van der Waals surface area (Å²) in [6.07, 6.45) is 1.76. The van der Waals surface area contributed by atoms with E-state index in [-0.39, 0.29) is 17.0 Å². The Balaban J connectivity index is 1.81. The molecule has 156 valence electrons. The van der Waals surface area contributed by atoms with Gasteiger partial charge in [0, 0.05) is 17.9 Å². The van der Waals surface area contributed by atoms with Crippen molar-refractivity contribution in [3.05, 3.63) is 72.8 Å². The van der Waals surface area contributed by atoms with E-state index in [4.69, 9.17) is 0 Å². The van der Waals surface area contributed by atoms with Gasteiger partial charge in [-0.1, -0.05) is 53.4 Å². The number of benzene rings is 2. The number of nitrogens with one attached hydrogen (secondary N) is 1. The molecule has 0 aliphatic carbocycles. The Bertz CT molecular complexity index is 1130. The first kappa shape index (κ1) is 22.0. The van der Waals surface area contributed by atoms with Crippen LogP contribution in [0.3, 0.4) is 0 Å². The van der Waals surface area contributed by atoms with Crippen LogP contribution >= 0.6 is 23.1 Å². The third-order valence-corrected chi connectivity index (χ3v) is 7.83. The van der Waals surface area contributed by atoms with Crippen molar-refractivity contribution in [3.8, 4) is 0 Å². The number of amides is 1. The molecular weight excluding hydrogens is 440 g/mol. The van der Waals surface area contributed by atoms with Crippen molar-refractivity contribution in [2.75, 3.05) is 21.9 Å². The smallest absolute Gasteiger partial charge is 0.264 e. The molecule has 0 radical (unpaired) electrons. The zero-order chi connectivity index (χ0) is 21.6. The maximum atomic E-state index is 13.2. The summed E-state index contributed by atoms with van der Waals surface area (Å²) in [4.78, 5) is 12.7. The van der Waals surface area contributed by atoms with Crippen LogP contribution in [0.5, 0.6) is 0 Å². The van der Waals surface area contributed by atoms with E-state index in [9.17, 15) is 13.2 Å². The van der Waals surface area contributed by atoms with Crippen LogP contribution in [0.4, 0.5) is 10.8 Å². The predicted octanol–water partition coefficient (Wildman–Crippen LogP) is 4.28. The van der Waals surface area contributed by atoms with Crippen LogP contribution in [-0.2, 0) is 10.0 Å². The number of nitrogens with zero attached hydrogens (tertiary/aromatic N) is 3. The lowest BCUT2D eigenvalue weighted by atomic mass is 10.2. The molecule has 0 aliphatic rings. The van der Waals surface area contributed by atoms with Crippen LogP contribution in [0.25, 0.3) is 0 Å². The Hall–Kier alpha value is -2.69. The SMILES string of the molecule is C=CCSc1nnc(NC(=O)c2cccc(S(=O)(=O)N(CC)c3ccccc3)c2)s1. The van der Waals surface area contributed by atoms with E-state index in [0.717, 1.165) is 0 Å². The second-order valence-electron chi connectivity index (χ2n) is 5.96. The summed E-state index contributed by atoms with van der Waals surface area (Å²) < 4.78 is 28.3. The van der Waals surface area contributed by atoms with Crippen molar-refractivity contribution in [1.82, 2.24) is 10.2 Å². The molecule has 1 aromatic heterocycles. The molecule has 0 saturated carbocycles. The van der Waals surface area contributed by atoms with Crippen LogP contribution in [0.2, 0.25) is 0 Å². The lowest BCUT2D eigenvalue weighted by Gasteiger charge is -2.23. The van der Waals surface area contributed by atoms with E-state index in [2.05, 4.69) is 22.1 Å². The van der Waals surface area contributed by atoms with Crippen molar-refractivity contribution in [2.24, 2.45) is 0 Å². The summed E-state index contributed by atoms with van der Waals surface area (Å²) in [6, 6.07) is 14.8. The molecule has 0 aliphatic heterocycles. The van der Waals surface area contributed by atoms with E-state index in [1.807, 2.05) is 6.07 Å². The van der Waals surface area contributed by atoms with Crippen LogP contribution in [-0.4, -0.2) is 36.8 Å². The first-order valence-electron chi connectivity index (χ1n) is 9.02. The summed E-state index contributed by atoms with van der Waals surface area (Å²) in [7, 11) is -3.82. The van der Waals surface area contributed by atoms with Gasteiger partial charge in [-0.05, 0) is 37.3 Å². The largest absolute Gasteiger partial charge is 0.296 e. The average molecular weight is 461 g/mol. The molecule has 0 saturated heterocycles. The van der Waals surface area contributed by atoms with E-state index >= 15 is 0 Å². The highest BCUT2D eigenvalue weighted by Gasteiger charge is 2.24. The minimum Gasteiger partial charge on any atom is -0.296 e. The maximum Gasteiger partial charge on any atom is 0.264 e. The molecule has 7 nitrogen and oxygen atoms in total. The van der Waals surface area contributed by atoms with Crippen molar-refractivity contribution in [1.29, 1.82) is 0 Å². The highest BCUT2D eigenvalue weighted by molar-refractivity contribution is 8.01. The monoisotopic (exact) mass is 460 g/mol. The molecule has 0 unspecified atom stereocenters. The lowest BCUT2D eigenvalue weighted by Crippen LogP contribution is -2.30. The van der Waals surface area contributed by atoms with Gasteiger partial charge in [0.25, 0.3) is 15.9 Å². The quantitative estimate of drug-likeness (QED) is 0.291. The minimum absolute atomic E-state index is 0.0420. The molecule has 1 N–H and O–H groups in total. The van der Waals surface area contributed by atoms with Crippen molar-refractivity contribution < 1.29 is 13.2 Å². The number of anilines is 2. The van der Waals surface area contributed by atoms with Crippen LogP contribution in [0, 0.1) is 0 Å². The summed E-state index contributed by atoms with van der Waals surface area (Å²) >= 11 is 2.71. The third kappa shape index (κ3) is 5.07. The topological polar surface area (TPSA) is 92.3 Å². The average Bonchev–Trinajstić information content (AvgIpc) is 3.20. The summed E-state index contributed by atoms with van der Waals surface area (Å²) in [5, 5.41) is 10.9. The predicted molar refractivity (Wildman–Crippen MR) is 122 cm³/mol. The first-order chi connectivity index (χ1) is 14.5. The molecule has 3 aromatic rings. The van der Waals surface area contributed by atoms with Gasteiger partial charge in [0.1, 0.15) is 0 Å². The number of carbonyl (C=O) groups excluding carboxylic acids is 1. The van der Waals surface area contributed by atoms with E-state index < -0.39 is 15.9 Å². The van der Waals surface area contributed by atoms with Gasteiger partial charge in [0.2, 0.25) is 5.13 Å². The van der Waals surface area contributed by atoms with Crippen LogP contribution < -0.4 is 9.62 Å². The first-order valence-corrected chi connectivity index (χ1v) is 12.3. The van der Waals surface area contributed by atoms with Gasteiger partial charge >= 0.3 is 0 Å². The fraction of sp³-hybridized carbons (Fsp3) is 0.150. The number of carbonyl (C=O) groups is 1. The van der Waals surface area contributed by atoms with Gasteiger partial charge in [-0.2, -0.15) is 0 Å². The molecule has 2 aromatic carbocycles. The number of aromatic nitrogens is 2. The van der Waals surface area contributed by atoms with Crippen LogP contribution in [0.1, 0.15) is 17.3 Å². The van der Waals surface area contributed by atoms with E-state index in [1.165, 1.54) is 39.5 Å². The van der Waals surface area contributed by atoms with Gasteiger partial charge in [-0.25, -0.2) is 8.42 Å². The molecular formula is C20H20N4O3S3. The summed E-state index contributed by atoms with van der Waals surface area (Å²) in [6.45, 7) is 5.67. The molecule has 0 fully saturated rings. The standard InChI is InChI=1S/C20H20N4O3S3/c1-3-13-28-20-23-22-19(29-20)21-18(25)15-9-8-12-17(14-15)30(26,27)24(4-2)16-10-6-5-7-11-16/h3,5-12,14H,1,4,13H2,2H3,(H,21,22,25). The van der Waals surface area contributed by atoms with Gasteiger partial charge in [-0.15, -0.1) is 16.8 Å². The Morgan fingerprint density at radius 1 is 1.20 bits per heavy atom. The third-order valence-electron chi connectivity index (χ3n) is 3.97.